The van der Waals surface area contributed by atoms with Crippen LogP contribution in [-0.2, 0) is 9.59 Å². The van der Waals surface area contributed by atoms with Gasteiger partial charge in [0.15, 0.2) is 11.1 Å². The van der Waals surface area contributed by atoms with Gasteiger partial charge in [0.2, 0.25) is 0 Å². The van der Waals surface area contributed by atoms with Gasteiger partial charge < -0.3 is 22.5 Å². The summed E-state index contributed by atoms with van der Waals surface area (Å²) < 4.78 is 0. The van der Waals surface area contributed by atoms with Crippen molar-refractivity contribution in [1.29, 1.82) is 10.5 Å². The maximum absolute atomic E-state index is 10.5. The molecule has 0 aromatic heterocycles. The third-order valence-corrected chi connectivity index (χ3v) is 2.62. The molecule has 22 heavy (non-hydrogen) atoms. The second-order valence-electron chi connectivity index (χ2n) is 4.76. The smallest absolute Gasteiger partial charge is 0.303 e. The van der Waals surface area contributed by atoms with Crippen molar-refractivity contribution in [2.24, 2.45) is 10.2 Å². The van der Waals surface area contributed by atoms with Crippen molar-refractivity contribution in [3.63, 3.8) is 0 Å². The lowest BCUT2D eigenvalue weighted by molar-refractivity contribution is -0.138. The van der Waals surface area contributed by atoms with Crippen LogP contribution in [0.25, 0.3) is 0 Å². The predicted molar refractivity (Wildman–Crippen MR) is 76.7 cm³/mol. The molecule has 0 aromatic rings. The van der Waals surface area contributed by atoms with Gasteiger partial charge in [0.25, 0.3) is 0 Å². The number of aliphatic carboxylic acids is 2. The molecule has 8 N–H and O–H groups in total. The molecule has 0 spiro atoms. The Morgan fingerprint density at radius 3 is 1.36 bits per heavy atom. The molecule has 0 aliphatic rings. The van der Waals surface area contributed by atoms with Crippen LogP contribution >= 0.6 is 0 Å². The van der Waals surface area contributed by atoms with E-state index in [1.54, 1.807) is 0 Å². The van der Waals surface area contributed by atoms with E-state index in [4.69, 9.17) is 20.7 Å². The Bertz CT molecular complexity index is 451. The van der Waals surface area contributed by atoms with Gasteiger partial charge in [-0.1, -0.05) is 0 Å². The first-order valence-electron chi connectivity index (χ1n) is 5.86. The molecule has 0 saturated carbocycles. The van der Waals surface area contributed by atoms with Gasteiger partial charge in [-0.2, -0.15) is 20.8 Å². The van der Waals surface area contributed by atoms with Crippen LogP contribution in [0, 0.1) is 22.7 Å². The summed E-state index contributed by atoms with van der Waals surface area (Å²) in [5.74, 6) is -2.12. The standard InChI is InChI=1S/C12H16N4O4.2H3N/c1-11(7-13,5-3-9(17)18)15-16-12(2,8-14)6-4-10(19)20;;/h3-6H2,1-2H3,(H,17,18)(H,19,20);2*1H3. The summed E-state index contributed by atoms with van der Waals surface area (Å²) in [7, 11) is 0. The highest BCUT2D eigenvalue weighted by Gasteiger charge is 2.29. The quantitative estimate of drug-likeness (QED) is 0.484. The van der Waals surface area contributed by atoms with E-state index in [1.807, 2.05) is 12.1 Å². The topological polar surface area (TPSA) is 217 Å². The van der Waals surface area contributed by atoms with Gasteiger partial charge in [0.05, 0.1) is 12.1 Å². The Morgan fingerprint density at radius 2 is 1.18 bits per heavy atom. The number of hydrogen-bond acceptors (Lipinski definition) is 8. The average molecular weight is 314 g/mol. The zero-order chi connectivity index (χ0) is 15.8. The lowest BCUT2D eigenvalue weighted by Gasteiger charge is -2.18. The van der Waals surface area contributed by atoms with Gasteiger partial charge in [0.1, 0.15) is 0 Å². The van der Waals surface area contributed by atoms with Crippen molar-refractivity contribution >= 4 is 11.9 Å². The Morgan fingerprint density at radius 1 is 0.909 bits per heavy atom. The monoisotopic (exact) mass is 314 g/mol. The first-order valence-corrected chi connectivity index (χ1v) is 5.86. The number of nitriles is 2. The third-order valence-electron chi connectivity index (χ3n) is 2.62. The molecule has 0 aliphatic heterocycles. The number of hydrogen-bond donors (Lipinski definition) is 4. The van der Waals surface area contributed by atoms with E-state index in [2.05, 4.69) is 10.2 Å². The predicted octanol–water partition coefficient (Wildman–Crippen LogP) is 2.06. The van der Waals surface area contributed by atoms with Gasteiger partial charge in [-0.3, -0.25) is 9.59 Å². The molecule has 10 nitrogen and oxygen atoms in total. The van der Waals surface area contributed by atoms with Crippen molar-refractivity contribution in [2.45, 2.75) is 50.6 Å². The Kier molecular flexibility index (Phi) is 11.3. The number of carboxylic acids is 2. The Balaban J connectivity index is -0.00000180. The molecule has 0 aliphatic carbocycles. The zero-order valence-electron chi connectivity index (χ0n) is 12.7. The van der Waals surface area contributed by atoms with Crippen LogP contribution in [-0.4, -0.2) is 33.2 Å². The molecule has 0 radical (unpaired) electrons. The highest BCUT2D eigenvalue weighted by Crippen LogP contribution is 2.23. The second kappa shape index (κ2) is 10.2. The van der Waals surface area contributed by atoms with Crippen LogP contribution < -0.4 is 12.3 Å². The molecular weight excluding hydrogens is 292 g/mol. The summed E-state index contributed by atoms with van der Waals surface area (Å²) in [5, 5.41) is 42.7. The lowest BCUT2D eigenvalue weighted by atomic mass is 9.97. The molecule has 0 saturated heterocycles. The fraction of sp³-hybridized carbons (Fsp3) is 0.667. The number of rotatable bonds is 8. The second-order valence-corrected chi connectivity index (χ2v) is 4.76. The zero-order valence-corrected chi connectivity index (χ0v) is 12.7. The first kappa shape index (κ1) is 24.5. The molecule has 2 unspecified atom stereocenters. The summed E-state index contributed by atoms with van der Waals surface area (Å²) in [5.41, 5.74) is -2.69. The third kappa shape index (κ3) is 9.36. The summed E-state index contributed by atoms with van der Waals surface area (Å²) in [6, 6.07) is 3.69. The summed E-state index contributed by atoms with van der Waals surface area (Å²) in [6.07, 6.45) is -0.575. The Labute approximate surface area is 128 Å². The molecule has 2 atom stereocenters. The highest BCUT2D eigenvalue weighted by atomic mass is 16.4. The summed E-state index contributed by atoms with van der Waals surface area (Å²) in [4.78, 5) is 21.0. The summed E-state index contributed by atoms with van der Waals surface area (Å²) >= 11 is 0. The molecule has 124 valence electrons. The Hall–Kier alpha value is -2.56. The lowest BCUT2D eigenvalue weighted by Crippen LogP contribution is -2.25. The van der Waals surface area contributed by atoms with Crippen molar-refractivity contribution in [1.82, 2.24) is 12.3 Å². The van der Waals surface area contributed by atoms with Crippen LogP contribution in [0.5, 0.6) is 0 Å². The van der Waals surface area contributed by atoms with Crippen LogP contribution in [0.3, 0.4) is 0 Å². The van der Waals surface area contributed by atoms with E-state index >= 15 is 0 Å². The highest BCUT2D eigenvalue weighted by molar-refractivity contribution is 5.67. The average Bonchev–Trinajstić information content (AvgIpc) is 2.41. The van der Waals surface area contributed by atoms with E-state index in [-0.39, 0.29) is 38.0 Å². The van der Waals surface area contributed by atoms with E-state index in [9.17, 15) is 9.59 Å². The van der Waals surface area contributed by atoms with Crippen LogP contribution in [0.15, 0.2) is 10.2 Å². The number of nitrogens with zero attached hydrogens (tertiary/aromatic N) is 4. The maximum Gasteiger partial charge on any atom is 0.303 e. The van der Waals surface area contributed by atoms with Gasteiger partial charge in [-0.05, 0) is 26.7 Å². The molecule has 0 fully saturated rings. The fourth-order valence-electron chi connectivity index (χ4n) is 1.18. The van der Waals surface area contributed by atoms with Gasteiger partial charge in [-0.25, -0.2) is 0 Å². The largest absolute Gasteiger partial charge is 0.481 e. The maximum atomic E-state index is 10.5. The van der Waals surface area contributed by atoms with Gasteiger partial charge >= 0.3 is 11.9 Å². The minimum Gasteiger partial charge on any atom is -0.481 e. The number of carbonyl (C=O) groups is 2. The normalized spacial score (nSPS) is 15.1. The van der Waals surface area contributed by atoms with Crippen LogP contribution in [0.1, 0.15) is 39.5 Å². The molecule has 0 rings (SSSR count). The molecule has 0 amide bonds. The number of azo groups is 1. The molecule has 0 aromatic carbocycles. The first-order chi connectivity index (χ1) is 9.16. The van der Waals surface area contributed by atoms with Gasteiger partial charge in [0, 0.05) is 12.8 Å². The molecule has 10 heteroatoms. The van der Waals surface area contributed by atoms with Crippen LogP contribution in [0.4, 0.5) is 0 Å². The molecular formula is C12H22N6O4. The van der Waals surface area contributed by atoms with Crippen LogP contribution in [0.2, 0.25) is 0 Å². The molecule has 0 heterocycles. The molecule has 0 bridgehead atoms. The minimum atomic E-state index is -1.35. The van der Waals surface area contributed by atoms with Crippen molar-refractivity contribution in [3.8, 4) is 12.1 Å². The van der Waals surface area contributed by atoms with Crippen molar-refractivity contribution < 1.29 is 19.8 Å². The summed E-state index contributed by atoms with van der Waals surface area (Å²) in [6.45, 7) is 2.82. The van der Waals surface area contributed by atoms with Gasteiger partial charge in [-0.15, -0.1) is 0 Å². The van der Waals surface area contributed by atoms with E-state index in [0.717, 1.165) is 0 Å². The SMILES string of the molecule is CC(C#N)(CCC(=O)O)N=NC(C)(C#N)CCC(=O)O.N.N. The fourth-order valence-corrected chi connectivity index (χ4v) is 1.18. The van der Waals surface area contributed by atoms with E-state index < -0.39 is 23.0 Å². The van der Waals surface area contributed by atoms with Crippen molar-refractivity contribution in [2.75, 3.05) is 0 Å². The van der Waals surface area contributed by atoms with E-state index in [1.165, 1.54) is 13.8 Å². The number of carboxylic acid groups (broad SMARTS) is 2. The minimum absolute atomic E-state index is 0. The van der Waals surface area contributed by atoms with Crippen molar-refractivity contribution in [3.05, 3.63) is 0 Å². The van der Waals surface area contributed by atoms with E-state index in [0.29, 0.717) is 0 Å².